The predicted molar refractivity (Wildman–Crippen MR) is 91.6 cm³/mol. The molecule has 5 nitrogen and oxygen atoms in total. The number of hydrogen-bond donors (Lipinski definition) is 1. The van der Waals surface area contributed by atoms with Crippen molar-refractivity contribution < 1.29 is 19.4 Å². The van der Waals surface area contributed by atoms with Gasteiger partial charge in [0.2, 0.25) is 0 Å². The maximum absolute atomic E-state index is 12.5. The van der Waals surface area contributed by atoms with Gasteiger partial charge >= 0.3 is 12.1 Å². The Bertz CT molecular complexity index is 603. The highest BCUT2D eigenvalue weighted by molar-refractivity contribution is 8.21. The number of amides is 1. The van der Waals surface area contributed by atoms with Crippen LogP contribution in [-0.2, 0) is 16.1 Å². The maximum Gasteiger partial charge on any atom is 0.411 e. The average molecular weight is 353 g/mol. The number of carbonyl (C=O) groups is 2. The van der Waals surface area contributed by atoms with Crippen LogP contribution >= 0.6 is 23.5 Å². The third-order valence-electron chi connectivity index (χ3n) is 4.31. The molecule has 0 unspecified atom stereocenters. The van der Waals surface area contributed by atoms with Crippen LogP contribution in [0.2, 0.25) is 0 Å². The number of nitrogens with zero attached hydrogens (tertiary/aromatic N) is 1. The van der Waals surface area contributed by atoms with Crippen LogP contribution < -0.4 is 0 Å². The molecule has 1 N–H and O–H groups in total. The van der Waals surface area contributed by atoms with E-state index in [2.05, 4.69) is 0 Å². The summed E-state index contributed by atoms with van der Waals surface area (Å²) in [4.78, 5) is 25.7. The van der Waals surface area contributed by atoms with Crippen molar-refractivity contribution in [3.05, 3.63) is 35.9 Å². The van der Waals surface area contributed by atoms with Crippen LogP contribution in [0.4, 0.5) is 4.79 Å². The zero-order chi connectivity index (χ0) is 16.5. The lowest BCUT2D eigenvalue weighted by atomic mass is 9.99. The molecule has 1 aromatic carbocycles. The van der Waals surface area contributed by atoms with E-state index in [0.717, 1.165) is 17.1 Å². The quantitative estimate of drug-likeness (QED) is 0.901. The zero-order valence-corrected chi connectivity index (χ0v) is 14.5. The Balaban J connectivity index is 1.73. The van der Waals surface area contributed by atoms with Crippen LogP contribution in [0.25, 0.3) is 0 Å². The third kappa shape index (κ3) is 3.17. The lowest BCUT2D eigenvalue weighted by molar-refractivity contribution is -0.147. The molecule has 1 aromatic rings. The normalized spacial score (nSPS) is 25.7. The molecule has 0 radical (unpaired) electrons. The molecule has 0 aromatic heterocycles. The molecule has 1 amide bonds. The van der Waals surface area contributed by atoms with Crippen molar-refractivity contribution in [2.24, 2.45) is 0 Å². The summed E-state index contributed by atoms with van der Waals surface area (Å²) in [6, 6.07) is 9.39. The first-order chi connectivity index (χ1) is 11.0. The molecule has 2 fully saturated rings. The van der Waals surface area contributed by atoms with Crippen LogP contribution in [0.1, 0.15) is 18.9 Å². The summed E-state index contributed by atoms with van der Waals surface area (Å²) in [6.45, 7) is 2.19. The third-order valence-corrected chi connectivity index (χ3v) is 7.69. The second-order valence-corrected chi connectivity index (χ2v) is 9.20. The first kappa shape index (κ1) is 16.5. The summed E-state index contributed by atoms with van der Waals surface area (Å²) in [6.07, 6.45) is -0.103. The fraction of sp³-hybridized carbons (Fsp3) is 0.500. The molecule has 2 aliphatic rings. The highest BCUT2D eigenvalue weighted by Crippen LogP contribution is 2.55. The van der Waals surface area contributed by atoms with Crippen LogP contribution in [0.15, 0.2) is 30.3 Å². The minimum Gasteiger partial charge on any atom is -0.480 e. The summed E-state index contributed by atoms with van der Waals surface area (Å²) in [5.41, 5.74) is -0.325. The van der Waals surface area contributed by atoms with Crippen LogP contribution in [0.5, 0.6) is 0 Å². The van der Waals surface area contributed by atoms with Gasteiger partial charge in [-0.25, -0.2) is 9.59 Å². The van der Waals surface area contributed by atoms with E-state index in [-0.39, 0.29) is 10.7 Å². The first-order valence-corrected chi connectivity index (χ1v) is 9.42. The van der Waals surface area contributed by atoms with Gasteiger partial charge in [-0.1, -0.05) is 30.3 Å². The van der Waals surface area contributed by atoms with E-state index in [9.17, 15) is 14.7 Å². The zero-order valence-electron chi connectivity index (χ0n) is 12.9. The highest BCUT2D eigenvalue weighted by atomic mass is 32.2. The highest BCUT2D eigenvalue weighted by Gasteiger charge is 2.59. The van der Waals surface area contributed by atoms with Crippen molar-refractivity contribution in [1.29, 1.82) is 0 Å². The molecular formula is C16H19NO4S2. The smallest absolute Gasteiger partial charge is 0.411 e. The molecule has 0 bridgehead atoms. The van der Waals surface area contributed by atoms with E-state index >= 15 is 0 Å². The molecule has 0 aliphatic carbocycles. The van der Waals surface area contributed by atoms with Crippen LogP contribution in [-0.4, -0.2) is 49.7 Å². The number of rotatable bonds is 3. The fourth-order valence-electron chi connectivity index (χ4n) is 3.04. The van der Waals surface area contributed by atoms with Gasteiger partial charge in [0.15, 0.2) is 0 Å². The Morgan fingerprint density at radius 3 is 2.52 bits per heavy atom. The standard InChI is InChI=1S/C16H19NO4S2/c1-15(13(18)19)10-16(22-7-8-23-16)11-17(15)14(20)21-9-12-5-3-2-4-6-12/h2-6H,7-11H2,1H3,(H,18,19)/t15-/m0/s1. The number of carboxylic acids is 1. The lowest BCUT2D eigenvalue weighted by Gasteiger charge is -2.29. The van der Waals surface area contributed by atoms with Crippen molar-refractivity contribution >= 4 is 35.6 Å². The molecule has 2 aliphatic heterocycles. The summed E-state index contributed by atoms with van der Waals surface area (Å²) in [5, 5.41) is 9.65. The Morgan fingerprint density at radius 2 is 1.91 bits per heavy atom. The number of thioether (sulfide) groups is 2. The Morgan fingerprint density at radius 1 is 1.26 bits per heavy atom. The SMILES string of the molecule is C[C@@]1(C(=O)O)CC2(CN1C(=O)OCc1ccccc1)SCCS2. The lowest BCUT2D eigenvalue weighted by Crippen LogP contribution is -2.50. The Kier molecular flexibility index (Phi) is 4.51. The number of carbonyl (C=O) groups excluding carboxylic acids is 1. The minimum absolute atomic E-state index is 0.152. The summed E-state index contributed by atoms with van der Waals surface area (Å²) in [7, 11) is 0. The summed E-state index contributed by atoms with van der Waals surface area (Å²) in [5.74, 6) is 1.01. The topological polar surface area (TPSA) is 66.8 Å². The maximum atomic E-state index is 12.5. The summed E-state index contributed by atoms with van der Waals surface area (Å²) >= 11 is 3.52. The molecule has 1 atom stereocenters. The molecule has 3 rings (SSSR count). The number of likely N-dealkylation sites (tertiary alicyclic amines) is 1. The number of carboxylic acid groups (broad SMARTS) is 1. The number of benzene rings is 1. The first-order valence-electron chi connectivity index (χ1n) is 7.45. The number of hydrogen-bond acceptors (Lipinski definition) is 5. The van der Waals surface area contributed by atoms with Crippen molar-refractivity contribution in [1.82, 2.24) is 4.90 Å². The van der Waals surface area contributed by atoms with E-state index < -0.39 is 17.6 Å². The number of ether oxygens (including phenoxy) is 1. The van der Waals surface area contributed by atoms with Crippen molar-refractivity contribution in [3.8, 4) is 0 Å². The molecule has 2 saturated heterocycles. The van der Waals surface area contributed by atoms with Gasteiger partial charge < -0.3 is 9.84 Å². The van der Waals surface area contributed by atoms with Crippen LogP contribution in [0, 0.1) is 0 Å². The second kappa shape index (κ2) is 6.28. The Labute approximate surface area is 143 Å². The van der Waals surface area contributed by atoms with Gasteiger partial charge in [0.1, 0.15) is 12.1 Å². The largest absolute Gasteiger partial charge is 0.480 e. The van der Waals surface area contributed by atoms with E-state index in [0.29, 0.717) is 13.0 Å². The van der Waals surface area contributed by atoms with Gasteiger partial charge in [0.05, 0.1) is 4.08 Å². The van der Waals surface area contributed by atoms with Crippen molar-refractivity contribution in [2.45, 2.75) is 29.6 Å². The molecule has 7 heteroatoms. The minimum atomic E-state index is -1.21. The van der Waals surface area contributed by atoms with E-state index in [1.807, 2.05) is 30.3 Å². The van der Waals surface area contributed by atoms with Crippen molar-refractivity contribution in [3.63, 3.8) is 0 Å². The van der Waals surface area contributed by atoms with E-state index in [4.69, 9.17) is 4.74 Å². The van der Waals surface area contributed by atoms with Crippen LogP contribution in [0.3, 0.4) is 0 Å². The van der Waals surface area contributed by atoms with Gasteiger partial charge in [-0.2, -0.15) is 0 Å². The molecule has 0 saturated carbocycles. The second-order valence-electron chi connectivity index (χ2n) is 5.99. The van der Waals surface area contributed by atoms with Gasteiger partial charge in [-0.05, 0) is 12.5 Å². The molecule has 23 heavy (non-hydrogen) atoms. The molecule has 1 spiro atoms. The molecular weight excluding hydrogens is 334 g/mol. The summed E-state index contributed by atoms with van der Waals surface area (Å²) < 4.78 is 5.16. The van der Waals surface area contributed by atoms with Gasteiger partial charge in [0, 0.05) is 24.5 Å². The fourth-order valence-corrected chi connectivity index (χ4v) is 6.49. The Hall–Kier alpha value is -1.34. The number of aliphatic carboxylic acids is 1. The van der Waals surface area contributed by atoms with Gasteiger partial charge in [-0.15, -0.1) is 23.5 Å². The van der Waals surface area contributed by atoms with E-state index in [1.54, 1.807) is 30.4 Å². The van der Waals surface area contributed by atoms with Gasteiger partial charge in [-0.3, -0.25) is 4.90 Å². The van der Waals surface area contributed by atoms with Gasteiger partial charge in [0.25, 0.3) is 0 Å². The van der Waals surface area contributed by atoms with Crippen molar-refractivity contribution in [2.75, 3.05) is 18.1 Å². The average Bonchev–Trinajstić information content (AvgIpc) is 3.11. The monoisotopic (exact) mass is 353 g/mol. The molecule has 2 heterocycles. The van der Waals surface area contributed by atoms with E-state index in [1.165, 1.54) is 4.90 Å². The molecule has 124 valence electrons. The predicted octanol–water partition coefficient (Wildman–Crippen LogP) is 3.05.